The van der Waals surface area contributed by atoms with Crippen molar-refractivity contribution in [2.45, 2.75) is 6.92 Å². The van der Waals surface area contributed by atoms with Gasteiger partial charge in [0.25, 0.3) is 5.91 Å². The molecule has 0 atom stereocenters. The highest BCUT2D eigenvalue weighted by Crippen LogP contribution is 2.21. The summed E-state index contributed by atoms with van der Waals surface area (Å²) in [5.41, 5.74) is 0.374. The van der Waals surface area contributed by atoms with Gasteiger partial charge in [-0.1, -0.05) is 0 Å². The number of hydrogen-bond acceptors (Lipinski definition) is 3. The number of nitrogens with one attached hydrogen (secondary N) is 1. The predicted octanol–water partition coefficient (Wildman–Crippen LogP) is 3.61. The second kappa shape index (κ2) is 4.93. The zero-order valence-electron chi connectivity index (χ0n) is 8.83. The summed E-state index contributed by atoms with van der Waals surface area (Å²) in [4.78, 5) is 16.9. The topological polar surface area (TPSA) is 42.0 Å². The minimum atomic E-state index is -0.390. The van der Waals surface area contributed by atoms with E-state index in [1.807, 2.05) is 6.92 Å². The van der Waals surface area contributed by atoms with E-state index >= 15 is 0 Å². The minimum absolute atomic E-state index is 0.314. The highest BCUT2D eigenvalue weighted by molar-refractivity contribution is 9.10. The van der Waals surface area contributed by atoms with E-state index in [9.17, 15) is 9.18 Å². The summed E-state index contributed by atoms with van der Waals surface area (Å²) in [6, 6.07) is 3.92. The van der Waals surface area contributed by atoms with Crippen molar-refractivity contribution in [1.29, 1.82) is 0 Å². The zero-order valence-corrected chi connectivity index (χ0v) is 11.2. The molecule has 0 saturated carbocycles. The van der Waals surface area contributed by atoms with Gasteiger partial charge >= 0.3 is 0 Å². The Morgan fingerprint density at radius 3 is 2.88 bits per heavy atom. The van der Waals surface area contributed by atoms with E-state index in [1.165, 1.54) is 29.5 Å². The van der Waals surface area contributed by atoms with Crippen LogP contribution in [0.25, 0.3) is 0 Å². The smallest absolute Gasteiger partial charge is 0.258 e. The Morgan fingerprint density at radius 2 is 2.29 bits per heavy atom. The van der Waals surface area contributed by atoms with E-state index in [1.54, 1.807) is 6.20 Å². The molecule has 0 fully saturated rings. The molecule has 1 N–H and O–H groups in total. The molecule has 1 amide bonds. The quantitative estimate of drug-likeness (QED) is 0.920. The third-order valence-electron chi connectivity index (χ3n) is 2.02. The number of carbonyl (C=O) groups excluding carboxylic acids is 1. The summed E-state index contributed by atoms with van der Waals surface area (Å²) in [6.45, 7) is 1.90. The van der Waals surface area contributed by atoms with Crippen LogP contribution in [0, 0.1) is 12.7 Å². The van der Waals surface area contributed by atoms with Crippen LogP contribution in [0.5, 0.6) is 0 Å². The summed E-state index contributed by atoms with van der Waals surface area (Å²) in [7, 11) is 0. The molecular formula is C11H8BrFN2OS. The molecule has 0 aliphatic rings. The molecule has 2 aromatic rings. The number of aryl methyl sites for hydroxylation is 1. The van der Waals surface area contributed by atoms with E-state index in [0.29, 0.717) is 15.2 Å². The molecule has 2 rings (SSSR count). The lowest BCUT2D eigenvalue weighted by molar-refractivity contribution is 0.102. The Kier molecular flexibility index (Phi) is 3.54. The van der Waals surface area contributed by atoms with Gasteiger partial charge in [0, 0.05) is 15.5 Å². The Hall–Kier alpha value is -1.27. The summed E-state index contributed by atoms with van der Waals surface area (Å²) in [5.74, 6) is -0.704. The van der Waals surface area contributed by atoms with Crippen LogP contribution >= 0.6 is 27.3 Å². The molecule has 0 radical (unpaired) electrons. The van der Waals surface area contributed by atoms with Gasteiger partial charge in [-0.3, -0.25) is 10.1 Å². The van der Waals surface area contributed by atoms with Gasteiger partial charge in [0.15, 0.2) is 5.13 Å². The largest absolute Gasteiger partial charge is 0.298 e. The Bertz CT molecular complexity index is 570. The van der Waals surface area contributed by atoms with Crippen molar-refractivity contribution in [3.8, 4) is 0 Å². The van der Waals surface area contributed by atoms with Gasteiger partial charge in [0.05, 0.1) is 5.56 Å². The van der Waals surface area contributed by atoms with Crippen LogP contribution in [0.1, 0.15) is 15.2 Å². The van der Waals surface area contributed by atoms with Gasteiger partial charge in [-0.05, 0) is 41.1 Å². The van der Waals surface area contributed by atoms with Gasteiger partial charge in [-0.25, -0.2) is 9.37 Å². The number of hydrogen-bond donors (Lipinski definition) is 1. The highest BCUT2D eigenvalue weighted by atomic mass is 79.9. The lowest BCUT2D eigenvalue weighted by atomic mass is 10.2. The maximum atomic E-state index is 12.9. The second-order valence-corrected chi connectivity index (χ2v) is 5.44. The summed E-state index contributed by atoms with van der Waals surface area (Å²) in [6.07, 6.45) is 1.68. The van der Waals surface area contributed by atoms with Gasteiger partial charge in [-0.15, -0.1) is 11.3 Å². The molecule has 0 saturated heterocycles. The number of carbonyl (C=O) groups is 1. The van der Waals surface area contributed by atoms with Gasteiger partial charge in [0.2, 0.25) is 0 Å². The molecule has 6 heteroatoms. The van der Waals surface area contributed by atoms with E-state index in [4.69, 9.17) is 0 Å². The van der Waals surface area contributed by atoms with Gasteiger partial charge < -0.3 is 0 Å². The molecule has 0 aliphatic carbocycles. The molecule has 3 nitrogen and oxygen atoms in total. The average molecular weight is 315 g/mol. The summed E-state index contributed by atoms with van der Waals surface area (Å²) >= 11 is 4.54. The van der Waals surface area contributed by atoms with Crippen molar-refractivity contribution < 1.29 is 9.18 Å². The molecule has 0 aliphatic heterocycles. The van der Waals surface area contributed by atoms with Crippen molar-refractivity contribution in [1.82, 2.24) is 4.98 Å². The molecule has 0 spiro atoms. The van der Waals surface area contributed by atoms with Crippen molar-refractivity contribution in [3.05, 3.63) is 45.1 Å². The standard InChI is InChI=1S/C11H8BrFN2OS/c1-6-5-14-11(17-6)15-10(16)8-3-2-7(13)4-9(8)12/h2-5H,1H3,(H,14,15,16). The van der Waals surface area contributed by atoms with E-state index in [-0.39, 0.29) is 5.91 Å². The van der Waals surface area contributed by atoms with Crippen molar-refractivity contribution in [2.24, 2.45) is 0 Å². The molecule has 0 bridgehead atoms. The maximum Gasteiger partial charge on any atom is 0.258 e. The first-order valence-electron chi connectivity index (χ1n) is 4.75. The van der Waals surface area contributed by atoms with Gasteiger partial charge in [0.1, 0.15) is 5.82 Å². The molecular weight excluding hydrogens is 307 g/mol. The third kappa shape index (κ3) is 2.89. The molecule has 1 heterocycles. The number of anilines is 1. The highest BCUT2D eigenvalue weighted by Gasteiger charge is 2.12. The van der Waals surface area contributed by atoms with Crippen LogP contribution in [0.2, 0.25) is 0 Å². The zero-order chi connectivity index (χ0) is 12.4. The van der Waals surface area contributed by atoms with Crippen LogP contribution < -0.4 is 5.32 Å². The number of aromatic nitrogens is 1. The number of halogens is 2. The van der Waals surface area contributed by atoms with E-state index in [0.717, 1.165) is 4.88 Å². The summed E-state index contributed by atoms with van der Waals surface area (Å²) in [5, 5.41) is 3.19. The second-order valence-electron chi connectivity index (χ2n) is 3.35. The number of benzene rings is 1. The summed E-state index contributed by atoms with van der Waals surface area (Å²) < 4.78 is 13.3. The monoisotopic (exact) mass is 314 g/mol. The van der Waals surface area contributed by atoms with E-state index < -0.39 is 5.82 Å². The first-order valence-corrected chi connectivity index (χ1v) is 6.36. The Labute approximate surface area is 110 Å². The number of amides is 1. The fraction of sp³-hybridized carbons (Fsp3) is 0.0909. The van der Waals surface area contributed by atoms with Crippen molar-refractivity contribution in [2.75, 3.05) is 5.32 Å². The normalized spacial score (nSPS) is 10.3. The van der Waals surface area contributed by atoms with Crippen LogP contribution in [-0.2, 0) is 0 Å². The van der Waals surface area contributed by atoms with Crippen LogP contribution in [0.15, 0.2) is 28.9 Å². The number of nitrogens with zero attached hydrogens (tertiary/aromatic N) is 1. The molecule has 1 aromatic carbocycles. The molecule has 1 aromatic heterocycles. The lowest BCUT2D eigenvalue weighted by Gasteiger charge is -2.03. The van der Waals surface area contributed by atoms with Gasteiger partial charge in [-0.2, -0.15) is 0 Å². The number of rotatable bonds is 2. The molecule has 0 unspecified atom stereocenters. The fourth-order valence-corrected chi connectivity index (χ4v) is 2.44. The van der Waals surface area contributed by atoms with Crippen LogP contribution in [0.3, 0.4) is 0 Å². The maximum absolute atomic E-state index is 12.9. The molecule has 88 valence electrons. The van der Waals surface area contributed by atoms with Crippen LogP contribution in [-0.4, -0.2) is 10.9 Å². The predicted molar refractivity (Wildman–Crippen MR) is 68.9 cm³/mol. The average Bonchev–Trinajstić information content (AvgIpc) is 2.63. The van der Waals surface area contributed by atoms with E-state index in [2.05, 4.69) is 26.2 Å². The van der Waals surface area contributed by atoms with Crippen molar-refractivity contribution in [3.63, 3.8) is 0 Å². The first kappa shape index (κ1) is 12.2. The molecule has 17 heavy (non-hydrogen) atoms. The Balaban J connectivity index is 2.20. The number of thiazole rings is 1. The Morgan fingerprint density at radius 1 is 1.53 bits per heavy atom. The van der Waals surface area contributed by atoms with Crippen LogP contribution in [0.4, 0.5) is 9.52 Å². The third-order valence-corrected chi connectivity index (χ3v) is 3.50. The fourth-order valence-electron chi connectivity index (χ4n) is 1.25. The lowest BCUT2D eigenvalue weighted by Crippen LogP contribution is -2.12. The van der Waals surface area contributed by atoms with Crippen molar-refractivity contribution >= 4 is 38.3 Å². The SMILES string of the molecule is Cc1cnc(NC(=O)c2ccc(F)cc2Br)s1. The minimum Gasteiger partial charge on any atom is -0.298 e. The first-order chi connectivity index (χ1) is 8.06.